The van der Waals surface area contributed by atoms with Gasteiger partial charge in [-0.05, 0) is 26.3 Å². The molecule has 0 amide bonds. The molecule has 0 saturated heterocycles. The number of rotatable bonds is 11. The van der Waals surface area contributed by atoms with Crippen LogP contribution in [0, 0.1) is 0 Å². The Balaban J connectivity index is 3.11. The lowest BCUT2D eigenvalue weighted by Crippen LogP contribution is -2.27. The number of hydrogen-bond acceptors (Lipinski definition) is 2. The fourth-order valence-corrected chi connectivity index (χ4v) is 1.57. The monoisotopic (exact) mass is 213 g/mol. The number of hydrogen-bond donors (Lipinski definition) is 1. The summed E-state index contributed by atoms with van der Waals surface area (Å²) in [6, 6.07) is 0.644. The van der Waals surface area contributed by atoms with Crippen molar-refractivity contribution in [1.29, 1.82) is 0 Å². The Kier molecular flexibility index (Phi) is 11.2. The molecule has 1 N–H and O–H groups in total. The van der Waals surface area contributed by atoms with Crippen LogP contribution in [0.15, 0.2) is 12.8 Å². The zero-order valence-electron chi connectivity index (χ0n) is 10.4. The summed E-state index contributed by atoms with van der Waals surface area (Å²) in [6.07, 6.45) is 9.29. The smallest absolute Gasteiger partial charge is 0.0885 e. The standard InChI is InChI=1S/C13H27NO/c1-4-6-7-8-10-13(3)14-11-9-12-15-5-2/h5,13-14H,2,4,6-12H2,1,3H3. The van der Waals surface area contributed by atoms with E-state index in [-0.39, 0.29) is 0 Å². The van der Waals surface area contributed by atoms with Gasteiger partial charge in [0.1, 0.15) is 0 Å². The summed E-state index contributed by atoms with van der Waals surface area (Å²) in [5, 5.41) is 3.50. The van der Waals surface area contributed by atoms with Crippen molar-refractivity contribution in [3.63, 3.8) is 0 Å². The second-order valence-corrected chi connectivity index (χ2v) is 4.10. The number of unbranched alkanes of at least 4 members (excludes halogenated alkanes) is 3. The molecule has 0 aliphatic rings. The van der Waals surface area contributed by atoms with Crippen molar-refractivity contribution in [1.82, 2.24) is 5.32 Å². The minimum absolute atomic E-state index is 0.644. The third kappa shape index (κ3) is 11.4. The lowest BCUT2D eigenvalue weighted by atomic mass is 10.1. The van der Waals surface area contributed by atoms with Crippen LogP contribution >= 0.6 is 0 Å². The number of ether oxygens (including phenoxy) is 1. The minimum atomic E-state index is 0.644. The minimum Gasteiger partial charge on any atom is -0.502 e. The van der Waals surface area contributed by atoms with E-state index in [2.05, 4.69) is 25.7 Å². The quantitative estimate of drug-likeness (QED) is 0.419. The first kappa shape index (κ1) is 14.5. The molecule has 0 aliphatic heterocycles. The van der Waals surface area contributed by atoms with Crippen LogP contribution in [0.4, 0.5) is 0 Å². The van der Waals surface area contributed by atoms with Crippen LogP contribution in [0.3, 0.4) is 0 Å². The van der Waals surface area contributed by atoms with Gasteiger partial charge in [-0.3, -0.25) is 0 Å². The molecule has 0 saturated carbocycles. The fraction of sp³-hybridized carbons (Fsp3) is 0.846. The lowest BCUT2D eigenvalue weighted by Gasteiger charge is -2.13. The molecule has 0 aromatic rings. The molecule has 0 spiro atoms. The first-order chi connectivity index (χ1) is 7.31. The Morgan fingerprint density at radius 2 is 2.07 bits per heavy atom. The molecule has 2 heteroatoms. The van der Waals surface area contributed by atoms with Gasteiger partial charge < -0.3 is 10.1 Å². The van der Waals surface area contributed by atoms with E-state index in [9.17, 15) is 0 Å². The van der Waals surface area contributed by atoms with Crippen LogP contribution < -0.4 is 5.32 Å². The predicted molar refractivity (Wildman–Crippen MR) is 67.0 cm³/mol. The van der Waals surface area contributed by atoms with Gasteiger partial charge in [0.05, 0.1) is 12.9 Å². The molecule has 0 aromatic carbocycles. The Morgan fingerprint density at radius 1 is 1.27 bits per heavy atom. The highest BCUT2D eigenvalue weighted by Gasteiger charge is 1.99. The van der Waals surface area contributed by atoms with Gasteiger partial charge in [0.15, 0.2) is 0 Å². The maximum Gasteiger partial charge on any atom is 0.0885 e. The van der Waals surface area contributed by atoms with Gasteiger partial charge in [-0.2, -0.15) is 0 Å². The van der Waals surface area contributed by atoms with Crippen molar-refractivity contribution in [3.05, 3.63) is 12.8 Å². The van der Waals surface area contributed by atoms with Crippen LogP contribution in [0.5, 0.6) is 0 Å². The van der Waals surface area contributed by atoms with Crippen molar-refractivity contribution >= 4 is 0 Å². The second-order valence-electron chi connectivity index (χ2n) is 4.10. The van der Waals surface area contributed by atoms with Crippen LogP contribution in [0.2, 0.25) is 0 Å². The molecule has 0 radical (unpaired) electrons. The Morgan fingerprint density at radius 3 is 2.73 bits per heavy atom. The van der Waals surface area contributed by atoms with Gasteiger partial charge in [-0.1, -0.05) is 39.2 Å². The third-order valence-corrected chi connectivity index (χ3v) is 2.54. The molecule has 0 aromatic heterocycles. The fourth-order valence-electron chi connectivity index (χ4n) is 1.57. The summed E-state index contributed by atoms with van der Waals surface area (Å²) in [7, 11) is 0. The molecule has 0 aliphatic carbocycles. The van der Waals surface area contributed by atoms with E-state index in [1.165, 1.54) is 38.4 Å². The molecule has 0 fully saturated rings. The van der Waals surface area contributed by atoms with Crippen LogP contribution in [-0.4, -0.2) is 19.2 Å². The molecular weight excluding hydrogens is 186 g/mol. The van der Waals surface area contributed by atoms with E-state index >= 15 is 0 Å². The highest BCUT2D eigenvalue weighted by atomic mass is 16.5. The summed E-state index contributed by atoms with van der Waals surface area (Å²) < 4.78 is 5.05. The van der Waals surface area contributed by atoms with Gasteiger partial charge >= 0.3 is 0 Å². The zero-order valence-corrected chi connectivity index (χ0v) is 10.4. The van der Waals surface area contributed by atoms with Crippen molar-refractivity contribution in [2.24, 2.45) is 0 Å². The highest BCUT2D eigenvalue weighted by Crippen LogP contribution is 2.04. The van der Waals surface area contributed by atoms with Gasteiger partial charge in [0, 0.05) is 6.04 Å². The van der Waals surface area contributed by atoms with Crippen LogP contribution in [0.25, 0.3) is 0 Å². The van der Waals surface area contributed by atoms with E-state index in [1.54, 1.807) is 0 Å². The highest BCUT2D eigenvalue weighted by molar-refractivity contribution is 4.61. The molecule has 0 rings (SSSR count). The normalized spacial score (nSPS) is 12.4. The lowest BCUT2D eigenvalue weighted by molar-refractivity contribution is 0.242. The van der Waals surface area contributed by atoms with E-state index in [4.69, 9.17) is 4.74 Å². The Labute approximate surface area is 95.1 Å². The molecule has 2 nitrogen and oxygen atoms in total. The topological polar surface area (TPSA) is 21.3 Å². The Bertz CT molecular complexity index is 136. The van der Waals surface area contributed by atoms with E-state index in [1.807, 2.05) is 0 Å². The molecule has 0 heterocycles. The summed E-state index contributed by atoms with van der Waals surface area (Å²) in [6.45, 7) is 9.85. The maximum absolute atomic E-state index is 5.05. The van der Waals surface area contributed by atoms with Gasteiger partial charge in [-0.15, -0.1) is 0 Å². The second kappa shape index (κ2) is 11.6. The first-order valence-electron chi connectivity index (χ1n) is 6.27. The molecule has 1 atom stereocenters. The molecule has 15 heavy (non-hydrogen) atoms. The molecule has 1 unspecified atom stereocenters. The van der Waals surface area contributed by atoms with Crippen LogP contribution in [0.1, 0.15) is 52.4 Å². The van der Waals surface area contributed by atoms with E-state index < -0.39 is 0 Å². The van der Waals surface area contributed by atoms with Crippen molar-refractivity contribution < 1.29 is 4.74 Å². The molecular formula is C13H27NO. The Hall–Kier alpha value is -0.500. The average Bonchev–Trinajstić information content (AvgIpc) is 2.24. The SMILES string of the molecule is C=COCCCNC(C)CCCCCC. The van der Waals surface area contributed by atoms with E-state index in [0.29, 0.717) is 6.04 Å². The summed E-state index contributed by atoms with van der Waals surface area (Å²) in [5.74, 6) is 0. The van der Waals surface area contributed by atoms with Crippen LogP contribution in [-0.2, 0) is 4.74 Å². The van der Waals surface area contributed by atoms with Gasteiger partial charge in [0.2, 0.25) is 0 Å². The largest absolute Gasteiger partial charge is 0.502 e. The maximum atomic E-state index is 5.05. The van der Waals surface area contributed by atoms with Crippen molar-refractivity contribution in [2.45, 2.75) is 58.4 Å². The first-order valence-corrected chi connectivity index (χ1v) is 6.27. The van der Waals surface area contributed by atoms with Gasteiger partial charge in [-0.25, -0.2) is 0 Å². The van der Waals surface area contributed by atoms with E-state index in [0.717, 1.165) is 19.6 Å². The van der Waals surface area contributed by atoms with Crippen molar-refractivity contribution in [3.8, 4) is 0 Å². The summed E-state index contributed by atoms with van der Waals surface area (Å²) in [5.41, 5.74) is 0. The average molecular weight is 213 g/mol. The summed E-state index contributed by atoms with van der Waals surface area (Å²) in [4.78, 5) is 0. The summed E-state index contributed by atoms with van der Waals surface area (Å²) >= 11 is 0. The van der Waals surface area contributed by atoms with Crippen molar-refractivity contribution in [2.75, 3.05) is 13.2 Å². The molecule has 0 bridgehead atoms. The third-order valence-electron chi connectivity index (χ3n) is 2.54. The predicted octanol–water partition coefficient (Wildman–Crippen LogP) is 3.49. The number of nitrogens with one attached hydrogen (secondary N) is 1. The van der Waals surface area contributed by atoms with Gasteiger partial charge in [0.25, 0.3) is 0 Å². The zero-order chi connectivity index (χ0) is 11.4. The molecule has 90 valence electrons.